The smallest absolute Gasteiger partial charge is 0.273 e. The van der Waals surface area contributed by atoms with Crippen molar-refractivity contribution in [3.8, 4) is 10.6 Å². The number of amides is 2. The average molecular weight is 427 g/mol. The van der Waals surface area contributed by atoms with E-state index in [9.17, 15) is 9.59 Å². The first-order valence-electron chi connectivity index (χ1n) is 10.8. The third-order valence-electron chi connectivity index (χ3n) is 6.16. The lowest BCUT2D eigenvalue weighted by molar-refractivity contribution is -0.136. The molecule has 2 fully saturated rings. The number of nitrogens with zero attached hydrogens (tertiary/aromatic N) is 4. The third-order valence-corrected chi connectivity index (χ3v) is 7.05. The van der Waals surface area contributed by atoms with E-state index in [4.69, 9.17) is 0 Å². The highest BCUT2D eigenvalue weighted by Crippen LogP contribution is 2.25. The molecule has 0 spiro atoms. The number of likely N-dealkylation sites (tertiary alicyclic amines) is 1. The fourth-order valence-electron chi connectivity index (χ4n) is 4.22. The molecule has 0 saturated carbocycles. The van der Waals surface area contributed by atoms with Crippen LogP contribution in [0.2, 0.25) is 0 Å². The second kappa shape index (κ2) is 9.27. The summed E-state index contributed by atoms with van der Waals surface area (Å²) in [7, 11) is 0. The molecule has 2 amide bonds. The Bertz CT molecular complexity index is 887. The molecule has 2 saturated heterocycles. The number of aryl methyl sites for hydroxylation is 1. The Kier molecular flexibility index (Phi) is 6.49. The molecular formula is C23H30N4O2S. The van der Waals surface area contributed by atoms with Gasteiger partial charge in [0.1, 0.15) is 10.7 Å². The minimum atomic E-state index is -0.0137. The van der Waals surface area contributed by atoms with Gasteiger partial charge in [-0.1, -0.05) is 29.8 Å². The van der Waals surface area contributed by atoms with Gasteiger partial charge in [0.15, 0.2) is 0 Å². The molecule has 1 aromatic heterocycles. The number of hydrogen-bond donors (Lipinski definition) is 0. The Morgan fingerprint density at radius 3 is 2.50 bits per heavy atom. The first kappa shape index (κ1) is 21.0. The lowest BCUT2D eigenvalue weighted by Gasteiger charge is -2.37. The van der Waals surface area contributed by atoms with Crippen LogP contribution in [0.1, 0.15) is 42.2 Å². The Hall–Kier alpha value is -2.25. The Balaban J connectivity index is 1.30. The maximum atomic E-state index is 12.9. The molecule has 4 rings (SSSR count). The quantitative estimate of drug-likeness (QED) is 0.753. The summed E-state index contributed by atoms with van der Waals surface area (Å²) < 4.78 is 0. The molecule has 1 unspecified atom stereocenters. The second-order valence-electron chi connectivity index (χ2n) is 8.40. The van der Waals surface area contributed by atoms with Crippen LogP contribution in [0.15, 0.2) is 29.6 Å². The summed E-state index contributed by atoms with van der Waals surface area (Å²) in [6, 6.07) is 8.55. The van der Waals surface area contributed by atoms with E-state index in [1.165, 1.54) is 23.3 Å². The van der Waals surface area contributed by atoms with Crippen LogP contribution in [0.4, 0.5) is 0 Å². The van der Waals surface area contributed by atoms with Crippen LogP contribution in [-0.2, 0) is 4.79 Å². The summed E-state index contributed by atoms with van der Waals surface area (Å²) in [6.07, 6.45) is 3.43. The van der Waals surface area contributed by atoms with E-state index < -0.39 is 0 Å². The minimum absolute atomic E-state index is 0.0137. The van der Waals surface area contributed by atoms with Gasteiger partial charge in [-0.3, -0.25) is 14.5 Å². The van der Waals surface area contributed by atoms with E-state index in [1.54, 1.807) is 0 Å². The normalized spacial score (nSPS) is 20.4. The number of rotatable bonds is 4. The van der Waals surface area contributed by atoms with Gasteiger partial charge in [0, 0.05) is 49.7 Å². The SMILES string of the molecule is Cc1ccc(-c2nc(C(=O)N3CCN(CC(=O)N4CCCCC4C)CC3)cs2)cc1. The molecule has 0 radical (unpaired) electrons. The van der Waals surface area contributed by atoms with E-state index in [1.807, 2.05) is 27.3 Å². The largest absolute Gasteiger partial charge is 0.339 e. The van der Waals surface area contributed by atoms with E-state index in [0.29, 0.717) is 31.4 Å². The zero-order valence-corrected chi connectivity index (χ0v) is 18.7. The van der Waals surface area contributed by atoms with Gasteiger partial charge in [0.05, 0.1) is 6.54 Å². The molecule has 0 N–H and O–H groups in total. The highest BCUT2D eigenvalue weighted by molar-refractivity contribution is 7.13. The number of benzene rings is 1. The zero-order chi connectivity index (χ0) is 21.1. The minimum Gasteiger partial charge on any atom is -0.339 e. The number of thiazole rings is 1. The highest BCUT2D eigenvalue weighted by atomic mass is 32.1. The predicted octanol–water partition coefficient (Wildman–Crippen LogP) is 3.28. The van der Waals surface area contributed by atoms with Gasteiger partial charge in [0.2, 0.25) is 5.91 Å². The molecule has 3 heterocycles. The molecule has 0 bridgehead atoms. The van der Waals surface area contributed by atoms with E-state index in [0.717, 1.165) is 43.0 Å². The van der Waals surface area contributed by atoms with Crippen molar-refractivity contribution in [3.63, 3.8) is 0 Å². The first-order valence-corrected chi connectivity index (χ1v) is 11.7. The maximum absolute atomic E-state index is 12.9. The average Bonchev–Trinajstić information content (AvgIpc) is 3.25. The van der Waals surface area contributed by atoms with Gasteiger partial charge >= 0.3 is 0 Å². The molecule has 2 aromatic rings. The summed E-state index contributed by atoms with van der Waals surface area (Å²) in [5, 5.41) is 2.73. The molecule has 2 aliphatic heterocycles. The standard InChI is InChI=1S/C23H30N4O2S/c1-17-6-8-19(9-7-17)22-24-20(16-30-22)23(29)26-13-11-25(12-14-26)15-21(28)27-10-4-3-5-18(27)2/h6-9,16,18H,3-5,10-15H2,1-2H3. The summed E-state index contributed by atoms with van der Waals surface area (Å²) in [5.41, 5.74) is 2.76. The Labute approximate surface area is 182 Å². The van der Waals surface area contributed by atoms with Gasteiger partial charge in [-0.15, -0.1) is 11.3 Å². The van der Waals surface area contributed by atoms with Crippen molar-refractivity contribution in [1.82, 2.24) is 19.7 Å². The van der Waals surface area contributed by atoms with Crippen LogP contribution < -0.4 is 0 Å². The number of piperidine rings is 1. The topological polar surface area (TPSA) is 56.8 Å². The lowest BCUT2D eigenvalue weighted by atomic mass is 10.0. The number of piperazine rings is 1. The molecule has 160 valence electrons. The predicted molar refractivity (Wildman–Crippen MR) is 120 cm³/mol. The van der Waals surface area contributed by atoms with Crippen molar-refractivity contribution >= 4 is 23.2 Å². The summed E-state index contributed by atoms with van der Waals surface area (Å²) in [4.78, 5) is 36.2. The van der Waals surface area contributed by atoms with Crippen LogP contribution in [-0.4, -0.2) is 76.8 Å². The summed E-state index contributed by atoms with van der Waals surface area (Å²) in [5.74, 6) is 0.212. The van der Waals surface area contributed by atoms with Crippen LogP contribution in [0, 0.1) is 6.92 Å². The van der Waals surface area contributed by atoms with Crippen molar-refractivity contribution < 1.29 is 9.59 Å². The zero-order valence-electron chi connectivity index (χ0n) is 17.8. The van der Waals surface area contributed by atoms with Crippen molar-refractivity contribution in [3.05, 3.63) is 40.9 Å². The number of hydrogen-bond acceptors (Lipinski definition) is 5. The van der Waals surface area contributed by atoms with Crippen molar-refractivity contribution in [1.29, 1.82) is 0 Å². The molecular weight excluding hydrogens is 396 g/mol. The lowest BCUT2D eigenvalue weighted by Crippen LogP contribution is -2.53. The summed E-state index contributed by atoms with van der Waals surface area (Å²) in [6.45, 7) is 8.28. The molecule has 1 atom stereocenters. The molecule has 30 heavy (non-hydrogen) atoms. The van der Waals surface area contributed by atoms with Crippen molar-refractivity contribution in [2.45, 2.75) is 39.2 Å². The molecule has 7 heteroatoms. The number of aromatic nitrogens is 1. The fraction of sp³-hybridized carbons (Fsp3) is 0.522. The van der Waals surface area contributed by atoms with Crippen LogP contribution in [0.3, 0.4) is 0 Å². The molecule has 1 aromatic carbocycles. The maximum Gasteiger partial charge on any atom is 0.273 e. The van der Waals surface area contributed by atoms with Gasteiger partial charge < -0.3 is 9.80 Å². The monoisotopic (exact) mass is 426 g/mol. The van der Waals surface area contributed by atoms with Crippen LogP contribution >= 0.6 is 11.3 Å². The Morgan fingerprint density at radius 2 is 1.80 bits per heavy atom. The van der Waals surface area contributed by atoms with Gasteiger partial charge in [-0.25, -0.2) is 4.98 Å². The fourth-order valence-corrected chi connectivity index (χ4v) is 5.02. The van der Waals surface area contributed by atoms with Gasteiger partial charge in [-0.2, -0.15) is 0 Å². The van der Waals surface area contributed by atoms with Crippen molar-refractivity contribution in [2.24, 2.45) is 0 Å². The van der Waals surface area contributed by atoms with E-state index in [2.05, 4.69) is 35.9 Å². The van der Waals surface area contributed by atoms with Crippen molar-refractivity contribution in [2.75, 3.05) is 39.3 Å². The second-order valence-corrected chi connectivity index (χ2v) is 9.26. The number of carbonyl (C=O) groups excluding carboxylic acids is 2. The Morgan fingerprint density at radius 1 is 1.07 bits per heavy atom. The molecule has 6 nitrogen and oxygen atoms in total. The van der Waals surface area contributed by atoms with E-state index in [-0.39, 0.29) is 11.8 Å². The molecule has 0 aliphatic carbocycles. The highest BCUT2D eigenvalue weighted by Gasteiger charge is 2.28. The molecule has 2 aliphatic rings. The van der Waals surface area contributed by atoms with Gasteiger partial charge in [-0.05, 0) is 33.1 Å². The first-order chi connectivity index (χ1) is 14.5. The van der Waals surface area contributed by atoms with Gasteiger partial charge in [0.25, 0.3) is 5.91 Å². The van der Waals surface area contributed by atoms with Crippen LogP contribution in [0.5, 0.6) is 0 Å². The number of carbonyl (C=O) groups is 2. The van der Waals surface area contributed by atoms with Crippen LogP contribution in [0.25, 0.3) is 10.6 Å². The van der Waals surface area contributed by atoms with E-state index >= 15 is 0 Å². The third kappa shape index (κ3) is 4.73. The summed E-state index contributed by atoms with van der Waals surface area (Å²) >= 11 is 1.51.